The largest absolute Gasteiger partial charge is 0.390 e. The van der Waals surface area contributed by atoms with Gasteiger partial charge in [0.1, 0.15) is 0 Å². The molecule has 1 nitrogen and oxygen atoms in total. The van der Waals surface area contributed by atoms with Gasteiger partial charge in [0.15, 0.2) is 0 Å². The molecule has 0 amide bonds. The normalized spacial score (nSPS) is 30.5. The number of rotatable bonds is 1. The molecule has 0 atom stereocenters. The van der Waals surface area contributed by atoms with Crippen LogP contribution in [-0.4, -0.2) is 22.2 Å². The molecule has 0 unspecified atom stereocenters. The van der Waals surface area contributed by atoms with Gasteiger partial charge in [-0.3, -0.25) is 0 Å². The van der Waals surface area contributed by atoms with Crippen molar-refractivity contribution in [3.8, 4) is 0 Å². The molecule has 1 saturated carbocycles. The molecule has 1 aliphatic carbocycles. The minimum Gasteiger partial charge on any atom is -0.390 e. The zero-order chi connectivity index (χ0) is 9.53. The molecule has 0 radical (unpaired) electrons. The van der Waals surface area contributed by atoms with Gasteiger partial charge in [0, 0.05) is 0 Å². The van der Waals surface area contributed by atoms with Gasteiger partial charge in [-0.1, -0.05) is 13.8 Å². The van der Waals surface area contributed by atoms with Crippen LogP contribution in [0.3, 0.4) is 0 Å². The van der Waals surface area contributed by atoms with Crippen molar-refractivity contribution in [1.29, 1.82) is 0 Å². The minimum absolute atomic E-state index is 0.342. The fraction of sp³-hybridized carbons (Fsp3) is 1.00. The smallest absolute Gasteiger partial charge is 0.0671 e. The van der Waals surface area contributed by atoms with E-state index >= 15 is 0 Å². The van der Waals surface area contributed by atoms with Crippen molar-refractivity contribution in [2.45, 2.75) is 45.1 Å². The summed E-state index contributed by atoms with van der Waals surface area (Å²) in [7, 11) is 0. The van der Waals surface area contributed by atoms with Crippen molar-refractivity contribution in [3.63, 3.8) is 0 Å². The Morgan fingerprint density at radius 3 is 1.92 bits per heavy atom. The lowest BCUT2D eigenvalue weighted by molar-refractivity contribution is -0.0610. The lowest BCUT2D eigenvalue weighted by Gasteiger charge is -2.50. The fourth-order valence-corrected chi connectivity index (χ4v) is 3.83. The molecule has 1 heterocycles. The second kappa shape index (κ2) is 3.16. The highest BCUT2D eigenvalue weighted by molar-refractivity contribution is 8.00. The van der Waals surface area contributed by atoms with Crippen LogP contribution < -0.4 is 0 Å². The van der Waals surface area contributed by atoms with E-state index in [1.54, 1.807) is 0 Å². The molecule has 0 bridgehead atoms. The third kappa shape index (κ3) is 1.63. The molecule has 13 heavy (non-hydrogen) atoms. The maximum atomic E-state index is 10.3. The molecule has 1 N–H and O–H groups in total. The average molecular weight is 200 g/mol. The predicted octanol–water partition coefficient (Wildman–Crippen LogP) is 2.68. The minimum atomic E-state index is -0.342. The van der Waals surface area contributed by atoms with Gasteiger partial charge >= 0.3 is 0 Å². The van der Waals surface area contributed by atoms with E-state index in [0.717, 1.165) is 12.8 Å². The highest BCUT2D eigenvalue weighted by Crippen LogP contribution is 2.52. The zero-order valence-electron chi connectivity index (χ0n) is 8.68. The Kier molecular flexibility index (Phi) is 2.40. The molecule has 2 rings (SSSR count). The van der Waals surface area contributed by atoms with Crippen LogP contribution in [0, 0.1) is 11.3 Å². The van der Waals surface area contributed by atoms with E-state index in [-0.39, 0.29) is 5.60 Å². The Hall–Kier alpha value is 0.310. The van der Waals surface area contributed by atoms with Crippen molar-refractivity contribution < 1.29 is 5.11 Å². The molecule has 76 valence electrons. The first kappa shape index (κ1) is 9.85. The molecule has 1 saturated heterocycles. The van der Waals surface area contributed by atoms with Crippen LogP contribution in [0.1, 0.15) is 39.5 Å². The van der Waals surface area contributed by atoms with Gasteiger partial charge in [0.2, 0.25) is 0 Å². The SMILES string of the molecule is CC(C)C1(O)CCC2(CC1)CSC2. The highest BCUT2D eigenvalue weighted by atomic mass is 32.2. The van der Waals surface area contributed by atoms with Crippen molar-refractivity contribution >= 4 is 11.8 Å². The summed E-state index contributed by atoms with van der Waals surface area (Å²) in [5.41, 5.74) is 0.303. The van der Waals surface area contributed by atoms with E-state index in [4.69, 9.17) is 0 Å². The zero-order valence-corrected chi connectivity index (χ0v) is 9.49. The highest BCUT2D eigenvalue weighted by Gasteiger charge is 2.46. The van der Waals surface area contributed by atoms with Crippen LogP contribution in [0.15, 0.2) is 0 Å². The van der Waals surface area contributed by atoms with Crippen molar-refractivity contribution in [1.82, 2.24) is 0 Å². The molecule has 1 aliphatic heterocycles. The topological polar surface area (TPSA) is 20.2 Å². The summed E-state index contributed by atoms with van der Waals surface area (Å²) >= 11 is 2.07. The first-order valence-electron chi connectivity index (χ1n) is 5.37. The molecular weight excluding hydrogens is 180 g/mol. The summed E-state index contributed by atoms with van der Waals surface area (Å²) in [6, 6.07) is 0. The number of hydrogen-bond acceptors (Lipinski definition) is 2. The summed E-state index contributed by atoms with van der Waals surface area (Å²) in [4.78, 5) is 0. The lowest BCUT2D eigenvalue weighted by Crippen LogP contribution is -2.47. The van der Waals surface area contributed by atoms with E-state index in [2.05, 4.69) is 25.6 Å². The summed E-state index contributed by atoms with van der Waals surface area (Å²) in [5, 5.41) is 10.3. The molecule has 1 spiro atoms. The van der Waals surface area contributed by atoms with Crippen molar-refractivity contribution in [2.75, 3.05) is 11.5 Å². The third-order valence-electron chi connectivity index (χ3n) is 4.07. The van der Waals surface area contributed by atoms with Crippen LogP contribution in [0.5, 0.6) is 0 Å². The Bertz CT molecular complexity index is 186. The summed E-state index contributed by atoms with van der Waals surface area (Å²) in [6.07, 6.45) is 4.58. The van der Waals surface area contributed by atoms with Crippen LogP contribution >= 0.6 is 11.8 Å². The predicted molar refractivity (Wildman–Crippen MR) is 58.0 cm³/mol. The average Bonchev–Trinajstić information content (AvgIpc) is 2.03. The molecule has 2 aliphatic rings. The van der Waals surface area contributed by atoms with Crippen LogP contribution in [0.25, 0.3) is 0 Å². The van der Waals surface area contributed by atoms with Gasteiger partial charge in [-0.15, -0.1) is 0 Å². The Labute approximate surface area is 85.3 Å². The third-order valence-corrected chi connectivity index (χ3v) is 5.70. The lowest BCUT2D eigenvalue weighted by atomic mass is 9.67. The van der Waals surface area contributed by atoms with E-state index < -0.39 is 0 Å². The van der Waals surface area contributed by atoms with Crippen molar-refractivity contribution in [3.05, 3.63) is 0 Å². The molecule has 2 fully saturated rings. The van der Waals surface area contributed by atoms with Crippen molar-refractivity contribution in [2.24, 2.45) is 11.3 Å². The Morgan fingerprint density at radius 2 is 1.62 bits per heavy atom. The maximum Gasteiger partial charge on any atom is 0.0671 e. The maximum absolute atomic E-state index is 10.3. The van der Waals surface area contributed by atoms with Gasteiger partial charge in [0.25, 0.3) is 0 Å². The summed E-state index contributed by atoms with van der Waals surface area (Å²) < 4.78 is 0. The summed E-state index contributed by atoms with van der Waals surface area (Å²) in [6.45, 7) is 4.29. The number of aliphatic hydroxyl groups is 1. The van der Waals surface area contributed by atoms with Crippen LogP contribution in [-0.2, 0) is 0 Å². The second-order valence-corrected chi connectivity index (χ2v) is 6.24. The first-order valence-corrected chi connectivity index (χ1v) is 6.52. The van der Waals surface area contributed by atoms with Gasteiger partial charge in [-0.25, -0.2) is 0 Å². The first-order chi connectivity index (χ1) is 6.06. The second-order valence-electron chi connectivity index (χ2n) is 5.25. The van der Waals surface area contributed by atoms with Gasteiger partial charge in [-0.2, -0.15) is 11.8 Å². The van der Waals surface area contributed by atoms with Gasteiger partial charge in [-0.05, 0) is 48.5 Å². The van der Waals surface area contributed by atoms with E-state index in [1.807, 2.05) is 0 Å². The Morgan fingerprint density at radius 1 is 1.08 bits per heavy atom. The Balaban J connectivity index is 1.95. The fourth-order valence-electron chi connectivity index (χ4n) is 2.47. The quantitative estimate of drug-likeness (QED) is 0.702. The van der Waals surface area contributed by atoms with E-state index in [1.165, 1.54) is 24.3 Å². The number of hydrogen-bond donors (Lipinski definition) is 1. The van der Waals surface area contributed by atoms with E-state index in [0.29, 0.717) is 11.3 Å². The van der Waals surface area contributed by atoms with E-state index in [9.17, 15) is 5.11 Å². The molecule has 0 aromatic heterocycles. The van der Waals surface area contributed by atoms with Gasteiger partial charge < -0.3 is 5.11 Å². The van der Waals surface area contributed by atoms with Crippen LogP contribution in [0.4, 0.5) is 0 Å². The summed E-state index contributed by atoms with van der Waals surface area (Å²) in [5.74, 6) is 3.13. The monoisotopic (exact) mass is 200 g/mol. The molecule has 0 aromatic rings. The number of thioether (sulfide) groups is 1. The molecule has 0 aromatic carbocycles. The molecular formula is C11H20OS. The standard InChI is InChI=1S/C11H20OS/c1-9(2)11(12)5-3-10(4-6-11)7-13-8-10/h9,12H,3-8H2,1-2H3. The van der Waals surface area contributed by atoms with Gasteiger partial charge in [0.05, 0.1) is 5.60 Å². The molecule has 2 heteroatoms. The van der Waals surface area contributed by atoms with Crippen LogP contribution in [0.2, 0.25) is 0 Å².